The molecule has 1 aliphatic rings. The van der Waals surface area contributed by atoms with Crippen molar-refractivity contribution in [1.29, 1.82) is 0 Å². The lowest BCUT2D eigenvalue weighted by molar-refractivity contribution is 0.180. The standard InChI is InChI=1S/C22H28FN/c1-3-14-24(15-4-2)18-12-13-19-17(16-18)8-7-10-20(19)21-9-5-6-11-22(21)23/h5-11,18H,3-4,12-16H2,1-2H3/t18-/m1/s1. The summed E-state index contributed by atoms with van der Waals surface area (Å²) in [6, 6.07) is 14.2. The lowest BCUT2D eigenvalue weighted by atomic mass is 9.83. The first kappa shape index (κ1) is 17.2. The highest BCUT2D eigenvalue weighted by molar-refractivity contribution is 5.69. The van der Waals surface area contributed by atoms with Crippen LogP contribution < -0.4 is 0 Å². The smallest absolute Gasteiger partial charge is 0.131 e. The summed E-state index contributed by atoms with van der Waals surface area (Å²) < 4.78 is 14.2. The van der Waals surface area contributed by atoms with Gasteiger partial charge < -0.3 is 4.90 Å². The molecule has 2 aromatic carbocycles. The first-order valence-corrected chi connectivity index (χ1v) is 9.34. The Bertz CT molecular complexity index is 673. The molecule has 1 nitrogen and oxygen atoms in total. The summed E-state index contributed by atoms with van der Waals surface area (Å²) in [5, 5.41) is 0. The molecule has 0 spiro atoms. The van der Waals surface area contributed by atoms with E-state index in [1.165, 1.54) is 43.5 Å². The van der Waals surface area contributed by atoms with E-state index >= 15 is 0 Å². The van der Waals surface area contributed by atoms with Gasteiger partial charge in [0.15, 0.2) is 0 Å². The van der Waals surface area contributed by atoms with Crippen LogP contribution in [0, 0.1) is 5.82 Å². The van der Waals surface area contributed by atoms with Crippen molar-refractivity contribution in [2.75, 3.05) is 13.1 Å². The second-order valence-electron chi connectivity index (χ2n) is 6.86. The third-order valence-corrected chi connectivity index (χ3v) is 5.16. The molecule has 0 unspecified atom stereocenters. The molecule has 24 heavy (non-hydrogen) atoms. The lowest BCUT2D eigenvalue weighted by Crippen LogP contribution is -2.40. The van der Waals surface area contributed by atoms with Crippen LogP contribution in [0.15, 0.2) is 42.5 Å². The molecule has 0 heterocycles. The van der Waals surface area contributed by atoms with Gasteiger partial charge >= 0.3 is 0 Å². The van der Waals surface area contributed by atoms with E-state index in [9.17, 15) is 4.39 Å². The average Bonchev–Trinajstić information content (AvgIpc) is 2.61. The van der Waals surface area contributed by atoms with Crippen molar-refractivity contribution in [2.24, 2.45) is 0 Å². The van der Waals surface area contributed by atoms with E-state index in [0.717, 1.165) is 24.0 Å². The van der Waals surface area contributed by atoms with Gasteiger partial charge in [-0.25, -0.2) is 4.39 Å². The summed E-state index contributed by atoms with van der Waals surface area (Å²) in [5.41, 5.74) is 4.59. The van der Waals surface area contributed by atoms with Crippen molar-refractivity contribution < 1.29 is 4.39 Å². The summed E-state index contributed by atoms with van der Waals surface area (Å²) in [4.78, 5) is 2.65. The fraction of sp³-hybridized carbons (Fsp3) is 0.455. The minimum absolute atomic E-state index is 0.119. The Hall–Kier alpha value is -1.67. The highest BCUT2D eigenvalue weighted by atomic mass is 19.1. The quantitative estimate of drug-likeness (QED) is 0.680. The highest BCUT2D eigenvalue weighted by Gasteiger charge is 2.25. The Morgan fingerprint density at radius 1 is 0.958 bits per heavy atom. The zero-order valence-electron chi connectivity index (χ0n) is 14.9. The first-order chi connectivity index (χ1) is 11.7. The molecule has 1 aliphatic carbocycles. The molecule has 3 rings (SSSR count). The second-order valence-corrected chi connectivity index (χ2v) is 6.86. The van der Waals surface area contributed by atoms with Crippen molar-refractivity contribution in [3.8, 4) is 11.1 Å². The first-order valence-electron chi connectivity index (χ1n) is 9.34. The van der Waals surface area contributed by atoms with Crippen LogP contribution in [-0.4, -0.2) is 24.0 Å². The van der Waals surface area contributed by atoms with Crippen molar-refractivity contribution in [3.63, 3.8) is 0 Å². The summed E-state index contributed by atoms with van der Waals surface area (Å²) in [5.74, 6) is -0.119. The minimum atomic E-state index is -0.119. The number of nitrogens with zero attached hydrogens (tertiary/aromatic N) is 1. The minimum Gasteiger partial charge on any atom is -0.300 e. The molecule has 0 radical (unpaired) electrons. The molecule has 2 aromatic rings. The normalized spacial score (nSPS) is 17.1. The predicted octanol–water partition coefficient (Wildman–Crippen LogP) is 5.47. The maximum absolute atomic E-state index is 14.2. The van der Waals surface area contributed by atoms with Gasteiger partial charge in [0, 0.05) is 11.6 Å². The van der Waals surface area contributed by atoms with E-state index in [0.29, 0.717) is 6.04 Å². The van der Waals surface area contributed by atoms with E-state index in [-0.39, 0.29) is 5.82 Å². The summed E-state index contributed by atoms with van der Waals surface area (Å²) in [7, 11) is 0. The van der Waals surface area contributed by atoms with Gasteiger partial charge in [0.2, 0.25) is 0 Å². The van der Waals surface area contributed by atoms with Crippen LogP contribution >= 0.6 is 0 Å². The Morgan fingerprint density at radius 3 is 2.38 bits per heavy atom. The molecular weight excluding hydrogens is 297 g/mol. The molecule has 0 amide bonds. The van der Waals surface area contributed by atoms with Gasteiger partial charge in [-0.2, -0.15) is 0 Å². The van der Waals surface area contributed by atoms with Gasteiger partial charge in [-0.3, -0.25) is 0 Å². The number of benzene rings is 2. The zero-order valence-corrected chi connectivity index (χ0v) is 14.9. The van der Waals surface area contributed by atoms with Gasteiger partial charge in [-0.15, -0.1) is 0 Å². The SMILES string of the molecule is CCCN(CCC)[C@@H]1CCc2c(cccc2-c2ccccc2F)C1. The van der Waals surface area contributed by atoms with Crippen LogP contribution in [0.2, 0.25) is 0 Å². The average molecular weight is 325 g/mol. The van der Waals surface area contributed by atoms with E-state index in [2.05, 4.69) is 36.9 Å². The third kappa shape index (κ3) is 3.54. The van der Waals surface area contributed by atoms with Crippen molar-refractivity contribution in [1.82, 2.24) is 4.90 Å². The van der Waals surface area contributed by atoms with Crippen molar-refractivity contribution >= 4 is 0 Å². The van der Waals surface area contributed by atoms with E-state index < -0.39 is 0 Å². The third-order valence-electron chi connectivity index (χ3n) is 5.16. The molecule has 0 aromatic heterocycles. The molecule has 0 saturated heterocycles. The zero-order chi connectivity index (χ0) is 16.9. The fourth-order valence-corrected chi connectivity index (χ4v) is 4.08. The summed E-state index contributed by atoms with van der Waals surface area (Å²) in [6.07, 6.45) is 5.74. The van der Waals surface area contributed by atoms with E-state index in [1.807, 2.05) is 12.1 Å². The second kappa shape index (κ2) is 7.94. The van der Waals surface area contributed by atoms with Crippen LogP contribution in [0.1, 0.15) is 44.2 Å². The molecule has 0 saturated carbocycles. The molecule has 0 bridgehead atoms. The molecule has 2 heteroatoms. The predicted molar refractivity (Wildman–Crippen MR) is 99.8 cm³/mol. The van der Waals surface area contributed by atoms with Crippen molar-refractivity contribution in [3.05, 3.63) is 59.4 Å². The Kier molecular flexibility index (Phi) is 5.68. The number of fused-ring (bicyclic) bond motifs is 1. The van der Waals surface area contributed by atoms with Crippen LogP contribution in [0.3, 0.4) is 0 Å². The van der Waals surface area contributed by atoms with Gasteiger partial charge in [0.05, 0.1) is 0 Å². The van der Waals surface area contributed by atoms with Crippen LogP contribution in [0.5, 0.6) is 0 Å². The molecule has 0 fully saturated rings. The monoisotopic (exact) mass is 325 g/mol. The Labute approximate surface area is 145 Å². The number of hydrogen-bond acceptors (Lipinski definition) is 1. The van der Waals surface area contributed by atoms with E-state index in [4.69, 9.17) is 0 Å². The number of rotatable bonds is 6. The van der Waals surface area contributed by atoms with Crippen LogP contribution in [0.25, 0.3) is 11.1 Å². The van der Waals surface area contributed by atoms with Gasteiger partial charge in [0.1, 0.15) is 5.82 Å². The molecule has 128 valence electrons. The summed E-state index contributed by atoms with van der Waals surface area (Å²) >= 11 is 0. The molecule has 0 aliphatic heterocycles. The molecule has 1 atom stereocenters. The van der Waals surface area contributed by atoms with Gasteiger partial charge in [-0.05, 0) is 68.0 Å². The topological polar surface area (TPSA) is 3.24 Å². The Morgan fingerprint density at radius 2 is 1.67 bits per heavy atom. The summed E-state index contributed by atoms with van der Waals surface area (Å²) in [6.45, 7) is 6.88. The van der Waals surface area contributed by atoms with Crippen molar-refractivity contribution in [2.45, 2.75) is 52.0 Å². The maximum atomic E-state index is 14.2. The highest BCUT2D eigenvalue weighted by Crippen LogP contribution is 2.34. The molecular formula is C22H28FN. The van der Waals surface area contributed by atoms with Crippen LogP contribution in [0.4, 0.5) is 4.39 Å². The van der Waals surface area contributed by atoms with Gasteiger partial charge in [0.25, 0.3) is 0 Å². The van der Waals surface area contributed by atoms with Gasteiger partial charge in [-0.1, -0.05) is 50.2 Å². The number of hydrogen-bond donors (Lipinski definition) is 0. The fourth-order valence-electron chi connectivity index (χ4n) is 4.08. The Balaban J connectivity index is 1.89. The largest absolute Gasteiger partial charge is 0.300 e. The van der Waals surface area contributed by atoms with E-state index in [1.54, 1.807) is 12.1 Å². The van der Waals surface area contributed by atoms with Crippen LogP contribution in [-0.2, 0) is 12.8 Å². The number of halogens is 1. The maximum Gasteiger partial charge on any atom is 0.131 e. The lowest BCUT2D eigenvalue weighted by Gasteiger charge is -2.35. The molecule has 0 N–H and O–H groups in total.